The lowest BCUT2D eigenvalue weighted by molar-refractivity contribution is 0.0939. The topological polar surface area (TPSA) is 36.3 Å². The Balaban J connectivity index is 1.87. The molecule has 1 aromatic rings. The lowest BCUT2D eigenvalue weighted by Gasteiger charge is -2.33. The summed E-state index contributed by atoms with van der Waals surface area (Å²) in [7, 11) is 0. The molecule has 19 heavy (non-hydrogen) atoms. The summed E-state index contributed by atoms with van der Waals surface area (Å²) in [6.07, 6.45) is 2.34. The second-order valence-electron chi connectivity index (χ2n) is 5.62. The molecule has 0 saturated carbocycles. The van der Waals surface area contributed by atoms with Crippen LogP contribution in [0.5, 0.6) is 5.75 Å². The molecule has 0 aliphatic carbocycles. The minimum atomic E-state index is 0.248. The van der Waals surface area contributed by atoms with E-state index in [4.69, 9.17) is 10.00 Å². The van der Waals surface area contributed by atoms with E-state index >= 15 is 0 Å². The molecule has 0 spiro atoms. The van der Waals surface area contributed by atoms with Crippen molar-refractivity contribution in [2.75, 3.05) is 19.6 Å². The van der Waals surface area contributed by atoms with Crippen molar-refractivity contribution in [3.8, 4) is 11.8 Å². The number of likely N-dealkylation sites (tertiary alicyclic amines) is 1. The third-order valence-corrected chi connectivity index (χ3v) is 3.46. The van der Waals surface area contributed by atoms with Gasteiger partial charge < -0.3 is 9.64 Å². The molecule has 2 rings (SSSR count). The zero-order chi connectivity index (χ0) is 13.7. The lowest BCUT2D eigenvalue weighted by Crippen LogP contribution is -2.40. The first-order chi connectivity index (χ1) is 9.19. The summed E-state index contributed by atoms with van der Waals surface area (Å²) in [4.78, 5) is 2.50. The first-order valence-electron chi connectivity index (χ1n) is 7.07. The Hall–Kier alpha value is -1.53. The van der Waals surface area contributed by atoms with Crippen molar-refractivity contribution in [2.45, 2.75) is 32.8 Å². The van der Waals surface area contributed by atoms with Crippen LogP contribution in [0.3, 0.4) is 0 Å². The van der Waals surface area contributed by atoms with E-state index in [1.54, 1.807) is 0 Å². The van der Waals surface area contributed by atoms with Gasteiger partial charge in [0.25, 0.3) is 0 Å². The average molecular weight is 258 g/mol. The SMILES string of the molecule is CC(C)CN1CCC(Oc2ccccc2C#N)CC1. The molecule has 3 heteroatoms. The van der Waals surface area contributed by atoms with E-state index in [0.29, 0.717) is 5.56 Å². The van der Waals surface area contributed by atoms with Gasteiger partial charge >= 0.3 is 0 Å². The summed E-state index contributed by atoms with van der Waals surface area (Å²) in [6, 6.07) is 9.67. The van der Waals surface area contributed by atoms with Gasteiger partial charge in [-0.2, -0.15) is 5.26 Å². The molecule has 0 radical (unpaired) electrons. The zero-order valence-corrected chi connectivity index (χ0v) is 11.8. The fourth-order valence-corrected chi connectivity index (χ4v) is 2.57. The largest absolute Gasteiger partial charge is 0.489 e. The van der Waals surface area contributed by atoms with Crippen LogP contribution in [0, 0.1) is 17.2 Å². The van der Waals surface area contributed by atoms with Crippen LogP contribution >= 0.6 is 0 Å². The maximum absolute atomic E-state index is 9.05. The van der Waals surface area contributed by atoms with Crippen LogP contribution in [0.25, 0.3) is 0 Å². The standard InChI is InChI=1S/C16H22N2O/c1-13(2)12-18-9-7-15(8-10-18)19-16-6-4-3-5-14(16)11-17/h3-6,13,15H,7-10,12H2,1-2H3. The highest BCUT2D eigenvalue weighted by atomic mass is 16.5. The van der Waals surface area contributed by atoms with Crippen LogP contribution < -0.4 is 4.74 Å². The van der Waals surface area contributed by atoms with Crippen molar-refractivity contribution in [3.63, 3.8) is 0 Å². The highest BCUT2D eigenvalue weighted by Crippen LogP contribution is 2.22. The van der Waals surface area contributed by atoms with E-state index in [2.05, 4.69) is 24.8 Å². The predicted molar refractivity (Wildman–Crippen MR) is 76.1 cm³/mol. The number of nitrogens with zero attached hydrogens (tertiary/aromatic N) is 2. The van der Waals surface area contributed by atoms with Crippen molar-refractivity contribution in [1.29, 1.82) is 5.26 Å². The zero-order valence-electron chi connectivity index (χ0n) is 11.8. The monoisotopic (exact) mass is 258 g/mol. The van der Waals surface area contributed by atoms with Crippen LogP contribution in [-0.4, -0.2) is 30.6 Å². The number of hydrogen-bond acceptors (Lipinski definition) is 3. The van der Waals surface area contributed by atoms with Gasteiger partial charge in [-0.3, -0.25) is 0 Å². The molecular formula is C16H22N2O. The van der Waals surface area contributed by atoms with Gasteiger partial charge in [0.05, 0.1) is 5.56 Å². The van der Waals surface area contributed by atoms with Gasteiger partial charge in [0.15, 0.2) is 0 Å². The van der Waals surface area contributed by atoms with Gasteiger partial charge in [-0.1, -0.05) is 26.0 Å². The molecule has 1 fully saturated rings. The summed E-state index contributed by atoms with van der Waals surface area (Å²) >= 11 is 0. The Labute approximate surface area is 115 Å². The molecule has 0 bridgehead atoms. The fourth-order valence-electron chi connectivity index (χ4n) is 2.57. The number of benzene rings is 1. The Morgan fingerprint density at radius 1 is 1.32 bits per heavy atom. The number of hydrogen-bond donors (Lipinski definition) is 0. The van der Waals surface area contributed by atoms with Crippen molar-refractivity contribution in [3.05, 3.63) is 29.8 Å². The number of nitriles is 1. The quantitative estimate of drug-likeness (QED) is 0.832. The first-order valence-corrected chi connectivity index (χ1v) is 7.07. The molecule has 0 N–H and O–H groups in total. The molecule has 1 heterocycles. The lowest BCUT2D eigenvalue weighted by atomic mass is 10.1. The van der Waals surface area contributed by atoms with Gasteiger partial charge in [0.2, 0.25) is 0 Å². The van der Waals surface area contributed by atoms with Crippen LogP contribution in [-0.2, 0) is 0 Å². The van der Waals surface area contributed by atoms with Gasteiger partial charge in [0.1, 0.15) is 17.9 Å². The third-order valence-electron chi connectivity index (χ3n) is 3.46. The molecule has 0 aromatic heterocycles. The van der Waals surface area contributed by atoms with Crippen LogP contribution in [0.4, 0.5) is 0 Å². The predicted octanol–water partition coefficient (Wildman–Crippen LogP) is 3.06. The number of para-hydroxylation sites is 1. The Morgan fingerprint density at radius 3 is 2.63 bits per heavy atom. The molecule has 0 amide bonds. The van der Waals surface area contributed by atoms with Crippen molar-refractivity contribution in [2.24, 2.45) is 5.92 Å². The highest BCUT2D eigenvalue weighted by molar-refractivity contribution is 5.42. The van der Waals surface area contributed by atoms with Gasteiger partial charge in [-0.05, 0) is 30.9 Å². The fraction of sp³-hybridized carbons (Fsp3) is 0.562. The minimum Gasteiger partial charge on any atom is -0.489 e. The minimum absolute atomic E-state index is 0.248. The number of piperidine rings is 1. The van der Waals surface area contributed by atoms with E-state index in [-0.39, 0.29) is 6.10 Å². The molecular weight excluding hydrogens is 236 g/mol. The molecule has 0 unspecified atom stereocenters. The highest BCUT2D eigenvalue weighted by Gasteiger charge is 2.21. The van der Waals surface area contributed by atoms with Crippen LogP contribution in [0.2, 0.25) is 0 Å². The maximum Gasteiger partial charge on any atom is 0.137 e. The maximum atomic E-state index is 9.05. The van der Waals surface area contributed by atoms with E-state index in [1.807, 2.05) is 24.3 Å². The normalized spacial score (nSPS) is 17.4. The summed E-state index contributed by atoms with van der Waals surface area (Å²) < 4.78 is 5.98. The van der Waals surface area contributed by atoms with E-state index in [9.17, 15) is 0 Å². The third kappa shape index (κ3) is 3.97. The van der Waals surface area contributed by atoms with Crippen molar-refractivity contribution < 1.29 is 4.74 Å². The molecule has 3 nitrogen and oxygen atoms in total. The van der Waals surface area contributed by atoms with E-state index < -0.39 is 0 Å². The Morgan fingerprint density at radius 2 is 2.00 bits per heavy atom. The molecule has 1 aliphatic rings. The van der Waals surface area contributed by atoms with Gasteiger partial charge in [-0.15, -0.1) is 0 Å². The van der Waals surface area contributed by atoms with Crippen molar-refractivity contribution in [1.82, 2.24) is 4.90 Å². The summed E-state index contributed by atoms with van der Waals surface area (Å²) in [5.41, 5.74) is 0.632. The molecule has 0 atom stereocenters. The van der Waals surface area contributed by atoms with Gasteiger partial charge in [-0.25, -0.2) is 0 Å². The van der Waals surface area contributed by atoms with Crippen molar-refractivity contribution >= 4 is 0 Å². The second kappa shape index (κ2) is 6.58. The number of rotatable bonds is 4. The molecule has 1 saturated heterocycles. The Kier molecular flexibility index (Phi) is 4.81. The molecule has 1 aromatic carbocycles. The number of ether oxygens (including phenoxy) is 1. The van der Waals surface area contributed by atoms with Crippen LogP contribution in [0.15, 0.2) is 24.3 Å². The van der Waals surface area contributed by atoms with E-state index in [0.717, 1.165) is 37.6 Å². The summed E-state index contributed by atoms with van der Waals surface area (Å²) in [5, 5.41) is 9.05. The summed E-state index contributed by atoms with van der Waals surface area (Å²) in [6.45, 7) is 7.87. The average Bonchev–Trinajstić information content (AvgIpc) is 2.41. The van der Waals surface area contributed by atoms with Crippen LogP contribution in [0.1, 0.15) is 32.3 Å². The van der Waals surface area contributed by atoms with E-state index in [1.165, 1.54) is 6.54 Å². The van der Waals surface area contributed by atoms with Gasteiger partial charge in [0, 0.05) is 19.6 Å². The smallest absolute Gasteiger partial charge is 0.137 e. The molecule has 1 aliphatic heterocycles. The molecule has 102 valence electrons. The first kappa shape index (κ1) is 13.9. The Bertz CT molecular complexity index is 442. The second-order valence-corrected chi connectivity index (χ2v) is 5.62. The summed E-state index contributed by atoms with van der Waals surface area (Å²) in [5.74, 6) is 1.45.